The lowest BCUT2D eigenvalue weighted by Gasteiger charge is -2.25. The lowest BCUT2D eigenvalue weighted by molar-refractivity contribution is -0.108. The van der Waals surface area contributed by atoms with E-state index in [1.807, 2.05) is 78.9 Å². The van der Waals surface area contributed by atoms with E-state index in [1.54, 1.807) is 14.0 Å². The Labute approximate surface area is 228 Å². The first-order valence-electron chi connectivity index (χ1n) is 13.2. The minimum absolute atomic E-state index is 0.216. The van der Waals surface area contributed by atoms with Gasteiger partial charge >= 0.3 is 0 Å². The van der Waals surface area contributed by atoms with Crippen LogP contribution >= 0.6 is 0 Å². The van der Waals surface area contributed by atoms with Gasteiger partial charge in [-0.25, -0.2) is 0 Å². The fourth-order valence-corrected chi connectivity index (χ4v) is 4.45. The highest BCUT2D eigenvalue weighted by molar-refractivity contribution is 5.70. The van der Waals surface area contributed by atoms with Crippen LogP contribution in [0, 0.1) is 6.92 Å². The zero-order chi connectivity index (χ0) is 27.0. The van der Waals surface area contributed by atoms with Crippen LogP contribution in [0.2, 0.25) is 0 Å². The van der Waals surface area contributed by atoms with Crippen molar-refractivity contribution in [2.24, 2.45) is 0 Å². The zero-order valence-corrected chi connectivity index (χ0v) is 22.3. The lowest BCUT2D eigenvalue weighted by atomic mass is 10.1. The molecule has 3 aromatic carbocycles. The number of aromatic amines is 1. The number of methoxy groups -OCH3 is 1. The van der Waals surface area contributed by atoms with E-state index >= 15 is 0 Å². The summed E-state index contributed by atoms with van der Waals surface area (Å²) in [6, 6.07) is 25.2. The van der Waals surface area contributed by atoms with Gasteiger partial charge in [-0.2, -0.15) is 0 Å². The van der Waals surface area contributed by atoms with Gasteiger partial charge in [-0.1, -0.05) is 60.7 Å². The summed E-state index contributed by atoms with van der Waals surface area (Å²) in [7, 11) is 1.59. The molecule has 1 unspecified atom stereocenters. The fraction of sp³-hybridized carbons (Fsp3) is 0.281. The van der Waals surface area contributed by atoms with Crippen molar-refractivity contribution in [3.05, 3.63) is 106 Å². The fourth-order valence-electron chi connectivity index (χ4n) is 4.45. The number of benzene rings is 3. The number of hydrogen-bond acceptors (Lipinski definition) is 6. The van der Waals surface area contributed by atoms with E-state index in [9.17, 15) is 4.79 Å². The molecule has 0 spiro atoms. The van der Waals surface area contributed by atoms with Gasteiger partial charge in [-0.05, 0) is 49.1 Å². The number of hydrogen-bond donors (Lipinski definition) is 1. The number of pyridine rings is 1. The van der Waals surface area contributed by atoms with Gasteiger partial charge in [0.05, 0.1) is 25.0 Å². The Kier molecular flexibility index (Phi) is 8.48. The number of aromatic nitrogens is 1. The maximum atomic E-state index is 13.6. The number of nitrogens with one attached hydrogen (secondary N) is 1. The summed E-state index contributed by atoms with van der Waals surface area (Å²) in [4.78, 5) is 16.9. The lowest BCUT2D eigenvalue weighted by Crippen LogP contribution is -2.27. The van der Waals surface area contributed by atoms with E-state index in [2.05, 4.69) is 4.98 Å². The summed E-state index contributed by atoms with van der Waals surface area (Å²) in [5.74, 6) is 1.72. The molecule has 2 heterocycles. The Bertz CT molecular complexity index is 1430. The van der Waals surface area contributed by atoms with E-state index in [4.69, 9.17) is 23.7 Å². The second-order valence-electron chi connectivity index (χ2n) is 9.44. The molecule has 0 amide bonds. The molecule has 7 heteroatoms. The highest BCUT2D eigenvalue weighted by Crippen LogP contribution is 2.37. The quantitative estimate of drug-likeness (QED) is 0.256. The maximum absolute atomic E-state index is 13.6. The monoisotopic (exact) mass is 527 g/mol. The van der Waals surface area contributed by atoms with Gasteiger partial charge in [0, 0.05) is 12.0 Å². The van der Waals surface area contributed by atoms with Crippen LogP contribution in [0.3, 0.4) is 0 Å². The molecule has 39 heavy (non-hydrogen) atoms. The van der Waals surface area contributed by atoms with E-state index in [0.29, 0.717) is 47.4 Å². The minimum Gasteiger partial charge on any atom is -0.493 e. The van der Waals surface area contributed by atoms with Gasteiger partial charge < -0.3 is 28.7 Å². The summed E-state index contributed by atoms with van der Waals surface area (Å²) >= 11 is 0. The van der Waals surface area contributed by atoms with Crippen LogP contribution in [0.4, 0.5) is 0 Å². The van der Waals surface area contributed by atoms with Crippen LogP contribution in [-0.2, 0) is 18.0 Å². The largest absolute Gasteiger partial charge is 0.493 e. The van der Waals surface area contributed by atoms with E-state index in [0.717, 1.165) is 30.4 Å². The van der Waals surface area contributed by atoms with Gasteiger partial charge in [0.15, 0.2) is 17.2 Å². The molecule has 1 aliphatic rings. The third-order valence-electron chi connectivity index (χ3n) is 6.66. The van der Waals surface area contributed by atoms with Crippen molar-refractivity contribution in [1.82, 2.24) is 4.98 Å². The number of ether oxygens (including phenoxy) is 5. The van der Waals surface area contributed by atoms with Gasteiger partial charge in [0.1, 0.15) is 13.2 Å². The topological polar surface area (TPSA) is 79.0 Å². The predicted octanol–water partition coefficient (Wildman–Crippen LogP) is 6.42. The van der Waals surface area contributed by atoms with E-state index in [-0.39, 0.29) is 17.8 Å². The van der Waals surface area contributed by atoms with Crippen molar-refractivity contribution < 1.29 is 23.7 Å². The number of H-pyrrole nitrogens is 1. The van der Waals surface area contributed by atoms with Crippen LogP contribution in [0.1, 0.15) is 36.0 Å². The molecule has 1 fully saturated rings. The molecule has 1 aliphatic heterocycles. The second-order valence-corrected chi connectivity index (χ2v) is 9.44. The Balaban J connectivity index is 1.49. The van der Waals surface area contributed by atoms with Crippen molar-refractivity contribution in [3.63, 3.8) is 0 Å². The average molecular weight is 528 g/mol. The minimum atomic E-state index is -0.402. The van der Waals surface area contributed by atoms with Crippen molar-refractivity contribution in [2.45, 2.75) is 45.7 Å². The summed E-state index contributed by atoms with van der Waals surface area (Å²) in [6.07, 6.45) is 2.39. The van der Waals surface area contributed by atoms with Crippen molar-refractivity contribution in [1.29, 1.82) is 0 Å². The van der Waals surface area contributed by atoms with Crippen LogP contribution in [0.25, 0.3) is 11.3 Å². The molecular weight excluding hydrogens is 494 g/mol. The van der Waals surface area contributed by atoms with Crippen molar-refractivity contribution in [2.75, 3.05) is 13.7 Å². The molecule has 1 atom stereocenters. The van der Waals surface area contributed by atoms with Crippen molar-refractivity contribution in [3.8, 4) is 34.4 Å². The van der Waals surface area contributed by atoms with Crippen LogP contribution in [0.15, 0.2) is 83.7 Å². The predicted molar refractivity (Wildman–Crippen MR) is 150 cm³/mol. The molecule has 0 bridgehead atoms. The zero-order valence-electron chi connectivity index (χ0n) is 22.3. The first kappa shape index (κ1) is 26.4. The Hall–Kier alpha value is -4.23. The maximum Gasteiger partial charge on any atom is 0.230 e. The molecular formula is C32H33NO6. The molecule has 0 radical (unpaired) electrons. The van der Waals surface area contributed by atoms with Crippen molar-refractivity contribution >= 4 is 0 Å². The summed E-state index contributed by atoms with van der Waals surface area (Å²) in [5.41, 5.74) is 3.40. The highest BCUT2D eigenvalue weighted by atomic mass is 16.7. The van der Waals surface area contributed by atoms with Gasteiger partial charge in [-0.15, -0.1) is 0 Å². The van der Waals surface area contributed by atoms with Crippen LogP contribution < -0.4 is 24.4 Å². The Morgan fingerprint density at radius 2 is 1.56 bits per heavy atom. The van der Waals surface area contributed by atoms with Crippen LogP contribution in [-0.4, -0.2) is 25.0 Å². The third-order valence-corrected chi connectivity index (χ3v) is 6.66. The molecule has 1 aromatic heterocycles. The molecule has 1 N–H and O–H groups in total. The van der Waals surface area contributed by atoms with Gasteiger partial charge in [-0.3, -0.25) is 4.79 Å². The molecule has 202 valence electrons. The first-order chi connectivity index (χ1) is 19.1. The molecule has 1 saturated heterocycles. The van der Waals surface area contributed by atoms with Gasteiger partial charge in [0.2, 0.25) is 17.6 Å². The van der Waals surface area contributed by atoms with Gasteiger partial charge in [0.25, 0.3) is 0 Å². The summed E-state index contributed by atoms with van der Waals surface area (Å²) in [5, 5.41) is 0. The average Bonchev–Trinajstić information content (AvgIpc) is 2.99. The normalized spacial score (nSPS) is 15.0. The Morgan fingerprint density at radius 3 is 2.21 bits per heavy atom. The first-order valence-corrected chi connectivity index (χ1v) is 13.2. The number of rotatable bonds is 10. The van der Waals surface area contributed by atoms with E-state index < -0.39 is 6.29 Å². The second kappa shape index (κ2) is 12.5. The third kappa shape index (κ3) is 6.44. The standard InChI is InChI=1S/C32H33NO6/c1-22-30(34)31(38-21-24-13-7-4-8-14-24)29(33-32(22)39-28-15-9-10-18-36-28)25-16-17-26(27(19-25)35-2)37-20-23-11-5-3-6-12-23/h3-8,11-14,16-17,19,28H,9-10,15,18,20-21H2,1-2H3,(H,33,34). The molecule has 0 aliphatic carbocycles. The van der Waals surface area contributed by atoms with E-state index in [1.165, 1.54) is 0 Å². The molecule has 0 saturated carbocycles. The molecule has 4 aromatic rings. The van der Waals surface area contributed by atoms with Crippen LogP contribution in [0.5, 0.6) is 23.1 Å². The molecule has 7 nitrogen and oxygen atoms in total. The summed E-state index contributed by atoms with van der Waals surface area (Å²) in [6.45, 7) is 3.03. The summed E-state index contributed by atoms with van der Waals surface area (Å²) < 4.78 is 29.7. The highest BCUT2D eigenvalue weighted by Gasteiger charge is 2.23. The SMILES string of the molecule is COc1cc(-c2[nH]c(OC3CCCCO3)c(C)c(=O)c2OCc2ccccc2)ccc1OCc1ccccc1. The smallest absolute Gasteiger partial charge is 0.230 e. The molecule has 5 rings (SSSR count). The Morgan fingerprint density at radius 1 is 0.872 bits per heavy atom.